The first-order valence-electron chi connectivity index (χ1n) is 8.27. The number of ether oxygens (including phenoxy) is 3. The summed E-state index contributed by atoms with van der Waals surface area (Å²) in [4.78, 5) is 12.5. The summed E-state index contributed by atoms with van der Waals surface area (Å²) in [6, 6.07) is 8.05. The maximum absolute atomic E-state index is 12.5. The summed E-state index contributed by atoms with van der Waals surface area (Å²) in [7, 11) is 0. The third-order valence-electron chi connectivity index (χ3n) is 5.97. The van der Waals surface area contributed by atoms with E-state index in [1.165, 1.54) is 5.56 Å². The Kier molecular flexibility index (Phi) is 2.57. The molecule has 4 nitrogen and oxygen atoms in total. The molecule has 1 saturated carbocycles. The Balaban J connectivity index is 1.46. The second kappa shape index (κ2) is 4.33. The Morgan fingerprint density at radius 3 is 2.91 bits per heavy atom. The lowest BCUT2D eigenvalue weighted by Crippen LogP contribution is -2.49. The molecular formula is C18H20O4. The van der Waals surface area contributed by atoms with Crippen molar-refractivity contribution in [1.29, 1.82) is 0 Å². The zero-order valence-corrected chi connectivity index (χ0v) is 12.7. The first-order chi connectivity index (χ1) is 10.7. The summed E-state index contributed by atoms with van der Waals surface area (Å²) < 4.78 is 18.4. The lowest BCUT2D eigenvalue weighted by molar-refractivity contribution is -0.180. The number of carbonyl (C=O) groups excluding carboxylic acids is 1. The number of benzene rings is 1. The van der Waals surface area contributed by atoms with Gasteiger partial charge in [0.05, 0.1) is 18.1 Å². The molecule has 1 spiro atoms. The molecule has 1 aromatic carbocycles. The molecule has 0 amide bonds. The van der Waals surface area contributed by atoms with Gasteiger partial charge in [0.1, 0.15) is 11.4 Å². The quantitative estimate of drug-likeness (QED) is 0.842. The van der Waals surface area contributed by atoms with Gasteiger partial charge in [-0.05, 0) is 38.3 Å². The Bertz CT molecular complexity index is 624. The van der Waals surface area contributed by atoms with Gasteiger partial charge in [-0.3, -0.25) is 4.79 Å². The van der Waals surface area contributed by atoms with Crippen LogP contribution in [0.1, 0.15) is 31.2 Å². The van der Waals surface area contributed by atoms with Crippen LogP contribution >= 0.6 is 0 Å². The van der Waals surface area contributed by atoms with Gasteiger partial charge in [-0.15, -0.1) is 0 Å². The topological polar surface area (TPSA) is 44.8 Å². The minimum absolute atomic E-state index is 0.0402. The molecule has 0 unspecified atom stereocenters. The van der Waals surface area contributed by atoms with Gasteiger partial charge in [0.2, 0.25) is 6.29 Å². The molecule has 4 fully saturated rings. The van der Waals surface area contributed by atoms with Crippen LogP contribution in [-0.4, -0.2) is 29.9 Å². The zero-order valence-electron chi connectivity index (χ0n) is 12.7. The van der Waals surface area contributed by atoms with Crippen molar-refractivity contribution >= 4 is 5.78 Å². The van der Waals surface area contributed by atoms with Crippen LogP contribution in [0.4, 0.5) is 0 Å². The summed E-state index contributed by atoms with van der Waals surface area (Å²) in [5, 5.41) is 0. The normalized spacial score (nSPS) is 45.1. The number of Topliss-reactive ketones (excluding diaryl/α,β-unsaturated/α-hetero) is 1. The number of hydrogen-bond acceptors (Lipinski definition) is 4. The van der Waals surface area contributed by atoms with Gasteiger partial charge in [0.25, 0.3) is 0 Å². The number of fused-ring (bicyclic) bond motifs is 1. The van der Waals surface area contributed by atoms with Crippen molar-refractivity contribution in [3.63, 3.8) is 0 Å². The van der Waals surface area contributed by atoms with Crippen LogP contribution in [-0.2, 0) is 14.3 Å². The molecular weight excluding hydrogens is 280 g/mol. The Morgan fingerprint density at radius 2 is 2.09 bits per heavy atom. The summed E-state index contributed by atoms with van der Waals surface area (Å²) >= 11 is 0. The van der Waals surface area contributed by atoms with E-state index in [1.807, 2.05) is 24.3 Å². The standard InChI is InChI=1S/C18H20O4/c1-10-4-6-11(7-5-10)20-17-15-12-3-2-8-18(12)14(19)9-13(21-17)16(15)22-18/h4-7,12-13,15-17H,2-3,8-9H2,1H3/t12-,13+,15-,16-,17+,18-/m0/s1. The molecule has 0 aromatic heterocycles. The van der Waals surface area contributed by atoms with Crippen LogP contribution < -0.4 is 4.74 Å². The predicted molar refractivity (Wildman–Crippen MR) is 78.5 cm³/mol. The second-order valence-corrected chi connectivity index (χ2v) is 7.15. The van der Waals surface area contributed by atoms with E-state index >= 15 is 0 Å². The molecule has 3 heterocycles. The molecule has 3 aliphatic heterocycles. The van der Waals surface area contributed by atoms with Gasteiger partial charge >= 0.3 is 0 Å². The van der Waals surface area contributed by atoms with Crippen molar-refractivity contribution in [2.75, 3.05) is 0 Å². The SMILES string of the molecule is Cc1ccc(O[C@@H]2O[C@@H]3CC(=O)[C@]45CCC[C@H]4[C@H]2[C@H]3O5)cc1. The van der Waals surface area contributed by atoms with Crippen molar-refractivity contribution in [2.24, 2.45) is 11.8 Å². The third-order valence-corrected chi connectivity index (χ3v) is 5.97. The van der Waals surface area contributed by atoms with Crippen LogP contribution in [0.3, 0.4) is 0 Å². The molecule has 0 radical (unpaired) electrons. The Hall–Kier alpha value is -1.39. The van der Waals surface area contributed by atoms with Crippen molar-refractivity contribution in [3.05, 3.63) is 29.8 Å². The highest BCUT2D eigenvalue weighted by Crippen LogP contribution is 2.60. The first kappa shape index (κ1) is 13.1. The minimum atomic E-state index is -0.509. The number of ketones is 1. The average molecular weight is 300 g/mol. The molecule has 1 aliphatic carbocycles. The van der Waals surface area contributed by atoms with Crippen LogP contribution in [0.2, 0.25) is 0 Å². The maximum Gasteiger partial charge on any atom is 0.206 e. The molecule has 5 rings (SSSR count). The fraction of sp³-hybridized carbons (Fsp3) is 0.611. The van der Waals surface area contributed by atoms with Crippen LogP contribution in [0, 0.1) is 18.8 Å². The fourth-order valence-electron chi connectivity index (χ4n) is 5.00. The largest absolute Gasteiger partial charge is 0.465 e. The number of carbonyl (C=O) groups is 1. The van der Waals surface area contributed by atoms with E-state index in [0.29, 0.717) is 6.42 Å². The molecule has 22 heavy (non-hydrogen) atoms. The van der Waals surface area contributed by atoms with Gasteiger partial charge in [-0.25, -0.2) is 0 Å². The number of hydrogen-bond donors (Lipinski definition) is 0. The summed E-state index contributed by atoms with van der Waals surface area (Å²) in [5.74, 6) is 1.55. The van der Waals surface area contributed by atoms with E-state index in [9.17, 15) is 4.79 Å². The highest BCUT2D eigenvalue weighted by Gasteiger charge is 2.71. The summed E-state index contributed by atoms with van der Waals surface area (Å²) in [6.45, 7) is 2.06. The van der Waals surface area contributed by atoms with E-state index in [2.05, 4.69) is 6.92 Å². The van der Waals surface area contributed by atoms with Crippen molar-refractivity contribution in [2.45, 2.75) is 56.7 Å². The molecule has 6 atom stereocenters. The molecule has 116 valence electrons. The van der Waals surface area contributed by atoms with Gasteiger partial charge in [0, 0.05) is 12.3 Å². The van der Waals surface area contributed by atoms with E-state index in [4.69, 9.17) is 14.2 Å². The molecule has 0 N–H and O–H groups in total. The molecule has 4 heteroatoms. The summed E-state index contributed by atoms with van der Waals surface area (Å²) in [5.41, 5.74) is 0.700. The van der Waals surface area contributed by atoms with E-state index < -0.39 is 5.60 Å². The lowest BCUT2D eigenvalue weighted by Gasteiger charge is -2.36. The fourth-order valence-corrected chi connectivity index (χ4v) is 5.00. The van der Waals surface area contributed by atoms with Crippen molar-refractivity contribution in [1.82, 2.24) is 0 Å². The highest BCUT2D eigenvalue weighted by molar-refractivity contribution is 5.90. The molecule has 4 aliphatic rings. The number of rotatable bonds is 2. The Labute approximate surface area is 129 Å². The van der Waals surface area contributed by atoms with Gasteiger partial charge in [-0.1, -0.05) is 17.7 Å². The van der Waals surface area contributed by atoms with E-state index in [0.717, 1.165) is 25.0 Å². The van der Waals surface area contributed by atoms with Gasteiger partial charge in [0.15, 0.2) is 5.78 Å². The second-order valence-electron chi connectivity index (χ2n) is 7.15. The smallest absolute Gasteiger partial charge is 0.206 e. The van der Waals surface area contributed by atoms with Crippen LogP contribution in [0.5, 0.6) is 5.75 Å². The summed E-state index contributed by atoms with van der Waals surface area (Å²) in [6.07, 6.45) is 3.13. The highest BCUT2D eigenvalue weighted by atomic mass is 16.7. The molecule has 1 aromatic rings. The van der Waals surface area contributed by atoms with E-state index in [-0.39, 0.29) is 36.1 Å². The lowest BCUT2D eigenvalue weighted by atomic mass is 9.81. The average Bonchev–Trinajstić information content (AvgIpc) is 3.10. The first-order valence-corrected chi connectivity index (χ1v) is 8.27. The van der Waals surface area contributed by atoms with E-state index in [1.54, 1.807) is 0 Å². The number of aryl methyl sites for hydroxylation is 1. The Morgan fingerprint density at radius 1 is 1.27 bits per heavy atom. The van der Waals surface area contributed by atoms with Crippen LogP contribution in [0.15, 0.2) is 24.3 Å². The van der Waals surface area contributed by atoms with Gasteiger partial charge < -0.3 is 14.2 Å². The van der Waals surface area contributed by atoms with Crippen LogP contribution in [0.25, 0.3) is 0 Å². The predicted octanol–water partition coefficient (Wildman–Crippen LogP) is 2.63. The molecule has 2 bridgehead atoms. The van der Waals surface area contributed by atoms with Crippen molar-refractivity contribution in [3.8, 4) is 5.75 Å². The minimum Gasteiger partial charge on any atom is -0.465 e. The van der Waals surface area contributed by atoms with Gasteiger partial charge in [-0.2, -0.15) is 0 Å². The van der Waals surface area contributed by atoms with Crippen molar-refractivity contribution < 1.29 is 19.0 Å². The monoisotopic (exact) mass is 300 g/mol. The molecule has 3 saturated heterocycles. The maximum atomic E-state index is 12.5. The third kappa shape index (κ3) is 1.57. The zero-order chi connectivity index (χ0) is 14.9.